The highest BCUT2D eigenvalue weighted by molar-refractivity contribution is 6.05. The van der Waals surface area contributed by atoms with E-state index >= 15 is 0 Å². The molecule has 6 heteroatoms. The van der Waals surface area contributed by atoms with Crippen LogP contribution in [0.5, 0.6) is 11.5 Å². The van der Waals surface area contributed by atoms with Gasteiger partial charge in [-0.05, 0) is 73.4 Å². The van der Waals surface area contributed by atoms with Crippen LogP contribution in [0.3, 0.4) is 0 Å². The van der Waals surface area contributed by atoms with Gasteiger partial charge in [0.1, 0.15) is 17.5 Å². The Morgan fingerprint density at radius 1 is 0.857 bits per heavy atom. The average molecular weight is 558 g/mol. The number of nitrogens with one attached hydrogen (secondary N) is 1. The van der Waals surface area contributed by atoms with Gasteiger partial charge in [-0.2, -0.15) is 0 Å². The molecule has 212 valence electrons. The third kappa shape index (κ3) is 4.94. The molecule has 1 aliphatic rings. The van der Waals surface area contributed by atoms with Crippen LogP contribution in [0.2, 0.25) is 0 Å². The van der Waals surface area contributed by atoms with Gasteiger partial charge in [-0.15, -0.1) is 0 Å². The number of aryl methyl sites for hydroxylation is 1. The predicted octanol–water partition coefficient (Wildman–Crippen LogP) is 7.88. The predicted molar refractivity (Wildman–Crippen MR) is 167 cm³/mol. The molecule has 0 aliphatic carbocycles. The van der Waals surface area contributed by atoms with Crippen molar-refractivity contribution in [1.29, 1.82) is 0 Å². The van der Waals surface area contributed by atoms with Crippen molar-refractivity contribution in [2.24, 2.45) is 13.0 Å². The third-order valence-corrected chi connectivity index (χ3v) is 8.15. The van der Waals surface area contributed by atoms with E-state index in [0.29, 0.717) is 23.4 Å². The van der Waals surface area contributed by atoms with Crippen molar-refractivity contribution >= 4 is 28.4 Å². The lowest BCUT2D eigenvalue weighted by atomic mass is 9.93. The lowest BCUT2D eigenvalue weighted by Crippen LogP contribution is -2.47. The molecule has 0 saturated heterocycles. The van der Waals surface area contributed by atoms with E-state index in [9.17, 15) is 9.59 Å². The zero-order valence-electron chi connectivity index (χ0n) is 24.4. The van der Waals surface area contributed by atoms with Crippen LogP contribution >= 0.6 is 0 Å². The van der Waals surface area contributed by atoms with Crippen molar-refractivity contribution < 1.29 is 14.3 Å². The molecule has 6 rings (SSSR count). The first-order valence-corrected chi connectivity index (χ1v) is 14.4. The number of hydrogen-bond acceptors (Lipinski definition) is 3. The Morgan fingerprint density at radius 3 is 2.24 bits per heavy atom. The van der Waals surface area contributed by atoms with E-state index in [1.807, 2.05) is 95.9 Å². The fraction of sp³-hybridized carbons (Fsp3) is 0.222. The van der Waals surface area contributed by atoms with Gasteiger partial charge in [0.05, 0.1) is 6.04 Å². The number of rotatable bonds is 8. The van der Waals surface area contributed by atoms with E-state index in [-0.39, 0.29) is 23.8 Å². The van der Waals surface area contributed by atoms with Gasteiger partial charge in [-0.25, -0.2) is 0 Å². The van der Waals surface area contributed by atoms with Gasteiger partial charge in [0, 0.05) is 40.5 Å². The van der Waals surface area contributed by atoms with Crippen LogP contribution in [0.1, 0.15) is 53.5 Å². The number of amides is 2. The highest BCUT2D eigenvalue weighted by atomic mass is 16.5. The summed E-state index contributed by atoms with van der Waals surface area (Å²) in [6.45, 7) is 6.26. The summed E-state index contributed by atoms with van der Waals surface area (Å²) in [5, 5.41) is 4.19. The average Bonchev–Trinajstić information content (AvgIpc) is 3.42. The molecule has 0 saturated carbocycles. The van der Waals surface area contributed by atoms with E-state index in [1.54, 1.807) is 0 Å². The van der Waals surface area contributed by atoms with Crippen molar-refractivity contribution in [3.8, 4) is 11.5 Å². The van der Waals surface area contributed by atoms with Gasteiger partial charge < -0.3 is 19.5 Å². The quantitative estimate of drug-likeness (QED) is 0.211. The largest absolute Gasteiger partial charge is 0.457 e. The number of carbonyl (C=O) groups is 2. The topological polar surface area (TPSA) is 63.6 Å². The SMILES string of the molecule is Cc1c(C2c3ccccc3C(=O)N2C(CC(C)C)C(=O)Nc2ccc(Oc3ccccc3)cc2)c2ccccc2n1C. The number of benzene rings is 4. The number of carbonyl (C=O) groups excluding carboxylic acids is 2. The van der Waals surface area contributed by atoms with Gasteiger partial charge in [0.25, 0.3) is 5.91 Å². The summed E-state index contributed by atoms with van der Waals surface area (Å²) in [5.74, 6) is 1.29. The number of aromatic nitrogens is 1. The summed E-state index contributed by atoms with van der Waals surface area (Å²) >= 11 is 0. The zero-order valence-corrected chi connectivity index (χ0v) is 24.4. The second-order valence-electron chi connectivity index (χ2n) is 11.4. The molecule has 2 unspecified atom stereocenters. The molecule has 0 radical (unpaired) electrons. The van der Waals surface area contributed by atoms with Crippen LogP contribution in [0.4, 0.5) is 5.69 Å². The molecule has 4 aromatic carbocycles. The number of fused-ring (bicyclic) bond motifs is 2. The van der Waals surface area contributed by atoms with Gasteiger partial charge >= 0.3 is 0 Å². The first-order valence-electron chi connectivity index (χ1n) is 14.4. The number of para-hydroxylation sites is 2. The Balaban J connectivity index is 1.36. The van der Waals surface area contributed by atoms with E-state index in [0.717, 1.165) is 33.5 Å². The highest BCUT2D eigenvalue weighted by Gasteiger charge is 2.45. The van der Waals surface area contributed by atoms with E-state index in [4.69, 9.17) is 4.74 Å². The molecule has 0 spiro atoms. The maximum absolute atomic E-state index is 14.2. The van der Waals surface area contributed by atoms with E-state index in [2.05, 4.69) is 49.8 Å². The standard InChI is InChI=1S/C36H35N3O3/c1-23(2)22-32(35(40)37-25-18-20-27(21-19-25)42-26-12-6-5-7-13-26)39-34(28-14-8-9-15-29(28)36(39)41)33-24(3)38(4)31-17-11-10-16-30(31)33/h5-21,23,32,34H,22H2,1-4H3,(H,37,40). The lowest BCUT2D eigenvalue weighted by molar-refractivity contribution is -0.121. The molecule has 42 heavy (non-hydrogen) atoms. The molecule has 5 aromatic rings. The van der Waals surface area contributed by atoms with Crippen LogP contribution in [-0.4, -0.2) is 27.3 Å². The van der Waals surface area contributed by atoms with Crippen molar-refractivity contribution in [3.05, 3.63) is 126 Å². The number of ether oxygens (including phenoxy) is 1. The maximum Gasteiger partial charge on any atom is 0.255 e. The Hall–Kier alpha value is -4.84. The van der Waals surface area contributed by atoms with Crippen molar-refractivity contribution in [3.63, 3.8) is 0 Å². The van der Waals surface area contributed by atoms with Gasteiger partial charge in [0.15, 0.2) is 0 Å². The molecule has 1 aromatic heterocycles. The Bertz CT molecular complexity index is 1760. The van der Waals surface area contributed by atoms with Gasteiger partial charge in [-0.1, -0.05) is 68.4 Å². The highest BCUT2D eigenvalue weighted by Crippen LogP contribution is 2.45. The fourth-order valence-electron chi connectivity index (χ4n) is 6.10. The molecule has 1 aliphatic heterocycles. The second kappa shape index (κ2) is 11.2. The van der Waals surface area contributed by atoms with Crippen LogP contribution in [0.25, 0.3) is 10.9 Å². The van der Waals surface area contributed by atoms with Crippen LogP contribution in [-0.2, 0) is 11.8 Å². The summed E-state index contributed by atoms with van der Waals surface area (Å²) in [6, 6.07) is 31.9. The smallest absolute Gasteiger partial charge is 0.255 e. The molecule has 2 atom stereocenters. The molecule has 0 fully saturated rings. The Kier molecular flexibility index (Phi) is 7.29. The van der Waals surface area contributed by atoms with Crippen LogP contribution < -0.4 is 10.1 Å². The number of nitrogens with zero attached hydrogens (tertiary/aromatic N) is 2. The summed E-state index contributed by atoms with van der Waals surface area (Å²) in [6.07, 6.45) is 0.529. The minimum absolute atomic E-state index is 0.115. The Labute approximate surface area is 246 Å². The van der Waals surface area contributed by atoms with Crippen molar-refractivity contribution in [2.45, 2.75) is 39.3 Å². The zero-order chi connectivity index (χ0) is 29.4. The summed E-state index contributed by atoms with van der Waals surface area (Å²) < 4.78 is 8.08. The molecular formula is C36H35N3O3. The van der Waals surface area contributed by atoms with Gasteiger partial charge in [0.2, 0.25) is 5.91 Å². The molecule has 0 bridgehead atoms. The normalized spacial score (nSPS) is 15.2. The molecule has 1 N–H and O–H groups in total. The minimum atomic E-state index is -0.673. The molecule has 6 nitrogen and oxygen atoms in total. The molecular weight excluding hydrogens is 522 g/mol. The van der Waals surface area contributed by atoms with Crippen LogP contribution in [0, 0.1) is 12.8 Å². The van der Waals surface area contributed by atoms with Crippen molar-refractivity contribution in [1.82, 2.24) is 9.47 Å². The summed E-state index contributed by atoms with van der Waals surface area (Å²) in [7, 11) is 2.05. The Morgan fingerprint density at radius 2 is 1.50 bits per heavy atom. The fourth-order valence-corrected chi connectivity index (χ4v) is 6.10. The third-order valence-electron chi connectivity index (χ3n) is 8.15. The van der Waals surface area contributed by atoms with Crippen molar-refractivity contribution in [2.75, 3.05) is 5.32 Å². The van der Waals surface area contributed by atoms with E-state index < -0.39 is 6.04 Å². The lowest BCUT2D eigenvalue weighted by Gasteiger charge is -2.34. The first kappa shape index (κ1) is 27.3. The molecule has 2 heterocycles. The maximum atomic E-state index is 14.2. The van der Waals surface area contributed by atoms with Crippen LogP contribution in [0.15, 0.2) is 103 Å². The second-order valence-corrected chi connectivity index (χ2v) is 11.4. The number of anilines is 1. The summed E-state index contributed by atoms with van der Waals surface area (Å²) in [4.78, 5) is 30.1. The van der Waals surface area contributed by atoms with Gasteiger partial charge in [-0.3, -0.25) is 9.59 Å². The first-order chi connectivity index (χ1) is 20.3. The number of hydrogen-bond donors (Lipinski definition) is 1. The molecule has 2 amide bonds. The monoisotopic (exact) mass is 557 g/mol. The van der Waals surface area contributed by atoms with E-state index in [1.165, 1.54) is 0 Å². The minimum Gasteiger partial charge on any atom is -0.457 e. The summed E-state index contributed by atoms with van der Waals surface area (Å²) in [5.41, 5.74) is 5.48.